The van der Waals surface area contributed by atoms with E-state index in [1.807, 2.05) is 23.7 Å². The fourth-order valence-corrected chi connectivity index (χ4v) is 2.26. The molecule has 20 heavy (non-hydrogen) atoms. The van der Waals surface area contributed by atoms with Gasteiger partial charge in [0.05, 0.1) is 5.52 Å². The number of unbranched alkanes of at least 4 members (excludes halogenated alkanes) is 1. The topological polar surface area (TPSA) is 88.2 Å². The van der Waals surface area contributed by atoms with E-state index in [-0.39, 0.29) is 13.0 Å². The number of aliphatic hydroxyl groups is 1. The van der Waals surface area contributed by atoms with Gasteiger partial charge in [-0.2, -0.15) is 0 Å². The number of aliphatic hydroxyl groups excluding tert-OH is 1. The molecule has 0 bridgehead atoms. The number of carboxylic acid groups (broad SMARTS) is 1. The minimum atomic E-state index is -0.794. The van der Waals surface area contributed by atoms with Crippen LogP contribution in [0, 0.1) is 6.92 Å². The molecule has 0 aliphatic rings. The van der Waals surface area contributed by atoms with Crippen LogP contribution in [-0.2, 0) is 17.8 Å². The quantitative estimate of drug-likeness (QED) is 0.749. The zero-order valence-corrected chi connectivity index (χ0v) is 11.5. The van der Waals surface area contributed by atoms with E-state index in [0.717, 1.165) is 41.5 Å². The molecule has 6 nitrogen and oxygen atoms in total. The first-order valence-corrected chi connectivity index (χ1v) is 6.78. The minimum Gasteiger partial charge on any atom is -0.481 e. The Kier molecular flexibility index (Phi) is 4.68. The molecule has 0 atom stereocenters. The van der Waals surface area contributed by atoms with Gasteiger partial charge >= 0.3 is 5.97 Å². The Bertz CT molecular complexity index is 607. The number of carboxylic acids is 1. The summed E-state index contributed by atoms with van der Waals surface area (Å²) >= 11 is 0. The van der Waals surface area contributed by atoms with Crippen molar-refractivity contribution in [2.45, 2.75) is 39.2 Å². The second-order valence-electron chi connectivity index (χ2n) is 4.85. The van der Waals surface area contributed by atoms with Crippen LogP contribution in [0.5, 0.6) is 0 Å². The highest BCUT2D eigenvalue weighted by Gasteiger charge is 2.11. The summed E-state index contributed by atoms with van der Waals surface area (Å²) in [5, 5.41) is 25.9. The van der Waals surface area contributed by atoms with Crippen LogP contribution < -0.4 is 0 Å². The standard InChI is InChI=1S/C14H19N3O3/c1-10-11(5-7-13(19)20)4-6-12-14(10)15-16-17(12)8-2-3-9-18/h4,6,18H,2-3,5,7-9H2,1H3,(H,19,20). The van der Waals surface area contributed by atoms with Crippen molar-refractivity contribution in [3.63, 3.8) is 0 Å². The predicted molar refractivity (Wildman–Crippen MR) is 74.5 cm³/mol. The molecule has 1 heterocycles. The molecule has 0 aliphatic heterocycles. The van der Waals surface area contributed by atoms with E-state index in [4.69, 9.17) is 10.2 Å². The Hall–Kier alpha value is -1.95. The van der Waals surface area contributed by atoms with Crippen LogP contribution in [0.25, 0.3) is 11.0 Å². The summed E-state index contributed by atoms with van der Waals surface area (Å²) in [5.74, 6) is -0.794. The molecule has 0 fully saturated rings. The second kappa shape index (κ2) is 6.47. The third kappa shape index (κ3) is 3.14. The summed E-state index contributed by atoms with van der Waals surface area (Å²) in [6.07, 6.45) is 2.23. The van der Waals surface area contributed by atoms with Gasteiger partial charge in [-0.3, -0.25) is 4.79 Å². The van der Waals surface area contributed by atoms with E-state index >= 15 is 0 Å². The number of aliphatic carboxylic acids is 1. The summed E-state index contributed by atoms with van der Waals surface area (Å²) in [6.45, 7) is 2.86. The van der Waals surface area contributed by atoms with Gasteiger partial charge in [0, 0.05) is 19.6 Å². The summed E-state index contributed by atoms with van der Waals surface area (Å²) in [6, 6.07) is 3.89. The average Bonchev–Trinajstić information content (AvgIpc) is 2.82. The fraction of sp³-hybridized carbons (Fsp3) is 0.500. The van der Waals surface area contributed by atoms with E-state index in [1.165, 1.54) is 0 Å². The number of hydrogen-bond donors (Lipinski definition) is 2. The summed E-state index contributed by atoms with van der Waals surface area (Å²) < 4.78 is 1.83. The minimum absolute atomic E-state index is 0.122. The number of aryl methyl sites for hydroxylation is 3. The van der Waals surface area contributed by atoms with Crippen LogP contribution in [0.3, 0.4) is 0 Å². The molecule has 1 aromatic heterocycles. The highest BCUT2D eigenvalue weighted by molar-refractivity contribution is 5.79. The maximum Gasteiger partial charge on any atom is 0.303 e. The lowest BCUT2D eigenvalue weighted by Gasteiger charge is -2.06. The van der Waals surface area contributed by atoms with Crippen LogP contribution in [0.15, 0.2) is 12.1 Å². The molecule has 1 aromatic carbocycles. The highest BCUT2D eigenvalue weighted by Crippen LogP contribution is 2.21. The van der Waals surface area contributed by atoms with Gasteiger partial charge in [0.2, 0.25) is 0 Å². The van der Waals surface area contributed by atoms with Crippen molar-refractivity contribution in [3.8, 4) is 0 Å². The smallest absolute Gasteiger partial charge is 0.303 e. The van der Waals surface area contributed by atoms with Crippen molar-refractivity contribution in [2.24, 2.45) is 0 Å². The Balaban J connectivity index is 2.21. The Morgan fingerprint density at radius 2 is 2.15 bits per heavy atom. The van der Waals surface area contributed by atoms with Crippen molar-refractivity contribution < 1.29 is 15.0 Å². The molecule has 0 radical (unpaired) electrons. The van der Waals surface area contributed by atoms with Crippen molar-refractivity contribution in [1.29, 1.82) is 0 Å². The van der Waals surface area contributed by atoms with E-state index in [9.17, 15) is 4.79 Å². The zero-order valence-electron chi connectivity index (χ0n) is 11.5. The number of rotatable bonds is 7. The Labute approximate surface area is 117 Å². The van der Waals surface area contributed by atoms with Crippen molar-refractivity contribution in [3.05, 3.63) is 23.3 Å². The molecule has 0 aliphatic carbocycles. The van der Waals surface area contributed by atoms with E-state index in [2.05, 4.69) is 10.3 Å². The molecular weight excluding hydrogens is 258 g/mol. The lowest BCUT2D eigenvalue weighted by molar-refractivity contribution is -0.136. The van der Waals surface area contributed by atoms with E-state index < -0.39 is 5.97 Å². The number of aromatic nitrogens is 3. The zero-order chi connectivity index (χ0) is 14.5. The largest absolute Gasteiger partial charge is 0.481 e. The predicted octanol–water partition coefficient (Wildman–Crippen LogP) is 1.53. The fourth-order valence-electron chi connectivity index (χ4n) is 2.26. The normalized spacial score (nSPS) is 11.1. The third-order valence-corrected chi connectivity index (χ3v) is 3.44. The summed E-state index contributed by atoms with van der Waals surface area (Å²) in [7, 11) is 0. The summed E-state index contributed by atoms with van der Waals surface area (Å²) in [4.78, 5) is 10.6. The van der Waals surface area contributed by atoms with Gasteiger partial charge in [-0.15, -0.1) is 5.10 Å². The Morgan fingerprint density at radius 3 is 2.85 bits per heavy atom. The molecule has 0 saturated carbocycles. The SMILES string of the molecule is Cc1c(CCC(=O)O)ccc2c1nnn2CCCCO. The Morgan fingerprint density at radius 1 is 1.35 bits per heavy atom. The van der Waals surface area contributed by atoms with E-state index in [1.54, 1.807) is 0 Å². The molecule has 0 unspecified atom stereocenters. The number of nitrogens with zero attached hydrogens (tertiary/aromatic N) is 3. The lowest BCUT2D eigenvalue weighted by atomic mass is 10.0. The number of fused-ring (bicyclic) bond motifs is 1. The molecular formula is C14H19N3O3. The first-order valence-electron chi connectivity index (χ1n) is 6.78. The lowest BCUT2D eigenvalue weighted by Crippen LogP contribution is -2.02. The van der Waals surface area contributed by atoms with Gasteiger partial charge in [-0.05, 0) is 43.4 Å². The molecule has 108 valence electrons. The van der Waals surface area contributed by atoms with Crippen LogP contribution in [0.2, 0.25) is 0 Å². The molecule has 2 rings (SSSR count). The first kappa shape index (κ1) is 14.5. The molecule has 0 saturated heterocycles. The number of benzene rings is 1. The van der Waals surface area contributed by atoms with Crippen molar-refractivity contribution in [1.82, 2.24) is 15.0 Å². The first-order chi connectivity index (χ1) is 9.63. The van der Waals surface area contributed by atoms with Crippen molar-refractivity contribution >= 4 is 17.0 Å². The monoisotopic (exact) mass is 277 g/mol. The van der Waals surface area contributed by atoms with Crippen LogP contribution in [-0.4, -0.2) is 37.8 Å². The second-order valence-corrected chi connectivity index (χ2v) is 4.85. The molecule has 0 amide bonds. The van der Waals surface area contributed by atoms with Crippen LogP contribution in [0.4, 0.5) is 0 Å². The maximum absolute atomic E-state index is 10.6. The van der Waals surface area contributed by atoms with E-state index in [0.29, 0.717) is 6.42 Å². The van der Waals surface area contributed by atoms with Gasteiger partial charge in [-0.1, -0.05) is 11.3 Å². The van der Waals surface area contributed by atoms with Gasteiger partial charge in [0.15, 0.2) is 0 Å². The molecule has 2 N–H and O–H groups in total. The highest BCUT2D eigenvalue weighted by atomic mass is 16.4. The van der Waals surface area contributed by atoms with Crippen molar-refractivity contribution in [2.75, 3.05) is 6.61 Å². The summed E-state index contributed by atoms with van der Waals surface area (Å²) in [5.41, 5.74) is 3.79. The van der Waals surface area contributed by atoms with Crippen LogP contribution >= 0.6 is 0 Å². The molecule has 0 spiro atoms. The molecule has 2 aromatic rings. The number of hydrogen-bond acceptors (Lipinski definition) is 4. The van der Waals surface area contributed by atoms with Crippen LogP contribution in [0.1, 0.15) is 30.4 Å². The third-order valence-electron chi connectivity index (χ3n) is 3.44. The van der Waals surface area contributed by atoms with Gasteiger partial charge in [-0.25, -0.2) is 4.68 Å². The van der Waals surface area contributed by atoms with Gasteiger partial charge in [0.25, 0.3) is 0 Å². The average molecular weight is 277 g/mol. The van der Waals surface area contributed by atoms with Gasteiger partial charge < -0.3 is 10.2 Å². The number of carbonyl (C=O) groups is 1. The van der Waals surface area contributed by atoms with Gasteiger partial charge in [0.1, 0.15) is 5.52 Å². The molecule has 6 heteroatoms. The maximum atomic E-state index is 10.6.